The number of rotatable bonds is 2. The van der Waals surface area contributed by atoms with Gasteiger partial charge in [-0.2, -0.15) is 4.73 Å². The van der Waals surface area contributed by atoms with Crippen molar-refractivity contribution in [1.29, 1.82) is 0 Å². The summed E-state index contributed by atoms with van der Waals surface area (Å²) in [6.07, 6.45) is 1.51. The van der Waals surface area contributed by atoms with Gasteiger partial charge in [-0.05, 0) is 6.07 Å². The van der Waals surface area contributed by atoms with Crippen LogP contribution in [0.4, 0.5) is 0 Å². The molecule has 0 radical (unpaired) electrons. The first-order chi connectivity index (χ1) is 4.84. The topological polar surface area (TPSA) is 26.9 Å². The lowest BCUT2D eigenvalue weighted by Gasteiger charge is -1.99. The van der Waals surface area contributed by atoms with Gasteiger partial charge in [0, 0.05) is 17.9 Å². The Kier molecular flexibility index (Phi) is 2.57. The molecule has 0 aliphatic heterocycles. The first-order valence-electron chi connectivity index (χ1n) is 3.15. The van der Waals surface area contributed by atoms with Crippen molar-refractivity contribution in [1.82, 2.24) is 0 Å². The van der Waals surface area contributed by atoms with E-state index in [0.717, 1.165) is 15.5 Å². The van der Waals surface area contributed by atoms with E-state index in [0.29, 0.717) is 0 Å². The van der Waals surface area contributed by atoms with Crippen LogP contribution in [0.1, 0.15) is 6.92 Å². The van der Waals surface area contributed by atoms with Crippen molar-refractivity contribution in [3.8, 4) is 0 Å². The summed E-state index contributed by atoms with van der Waals surface area (Å²) in [4.78, 5) is 0. The number of hydrogen-bond donors (Lipinski definition) is 0. The Morgan fingerprint density at radius 3 is 3.00 bits per heavy atom. The van der Waals surface area contributed by atoms with Gasteiger partial charge in [0.15, 0.2) is 6.20 Å². The minimum Gasteiger partial charge on any atom is -0.618 e. The highest BCUT2D eigenvalue weighted by Gasteiger charge is 1.99. The van der Waals surface area contributed by atoms with Gasteiger partial charge < -0.3 is 5.21 Å². The number of thioether (sulfide) groups is 1. The van der Waals surface area contributed by atoms with Gasteiger partial charge in [-0.3, -0.25) is 0 Å². The van der Waals surface area contributed by atoms with Crippen LogP contribution < -0.4 is 4.73 Å². The molecule has 0 fully saturated rings. The maximum absolute atomic E-state index is 10.9. The lowest BCUT2D eigenvalue weighted by atomic mass is 10.5. The minimum absolute atomic E-state index is 0.769. The summed E-state index contributed by atoms with van der Waals surface area (Å²) in [5.74, 6) is 0.937. The molecule has 0 saturated heterocycles. The highest BCUT2D eigenvalue weighted by molar-refractivity contribution is 7.99. The van der Waals surface area contributed by atoms with E-state index in [2.05, 4.69) is 0 Å². The third kappa shape index (κ3) is 1.64. The zero-order valence-electron chi connectivity index (χ0n) is 5.78. The van der Waals surface area contributed by atoms with Crippen LogP contribution in [0, 0.1) is 5.21 Å². The zero-order chi connectivity index (χ0) is 7.40. The van der Waals surface area contributed by atoms with Gasteiger partial charge in [-0.25, -0.2) is 0 Å². The molecule has 0 saturated carbocycles. The predicted molar refractivity (Wildman–Crippen MR) is 41.8 cm³/mol. The van der Waals surface area contributed by atoms with Gasteiger partial charge >= 0.3 is 0 Å². The van der Waals surface area contributed by atoms with Crippen LogP contribution in [-0.4, -0.2) is 5.75 Å². The Bertz CT molecular complexity index is 215. The van der Waals surface area contributed by atoms with Crippen LogP contribution in [0.15, 0.2) is 29.4 Å². The molecule has 1 aromatic heterocycles. The molecule has 1 heterocycles. The van der Waals surface area contributed by atoms with Gasteiger partial charge in [-0.15, -0.1) is 0 Å². The van der Waals surface area contributed by atoms with Gasteiger partial charge in [0.1, 0.15) is 0 Å². The molecule has 10 heavy (non-hydrogen) atoms. The molecule has 1 aromatic rings. The lowest BCUT2D eigenvalue weighted by molar-refractivity contribution is -0.645. The van der Waals surface area contributed by atoms with Crippen LogP contribution in [0.25, 0.3) is 0 Å². The fraction of sp³-hybridized carbons (Fsp3) is 0.286. The quantitative estimate of drug-likeness (QED) is 0.367. The monoisotopic (exact) mass is 155 g/mol. The minimum atomic E-state index is 0.769. The summed E-state index contributed by atoms with van der Waals surface area (Å²) in [6, 6.07) is 5.42. The maximum atomic E-state index is 10.9. The number of aromatic nitrogens is 1. The van der Waals surface area contributed by atoms with Gasteiger partial charge in [0.2, 0.25) is 0 Å². The van der Waals surface area contributed by atoms with Crippen molar-refractivity contribution in [2.45, 2.75) is 11.9 Å². The van der Waals surface area contributed by atoms with E-state index in [9.17, 15) is 5.21 Å². The molecule has 0 N–H and O–H groups in total. The molecule has 3 heteroatoms. The van der Waals surface area contributed by atoms with E-state index in [1.165, 1.54) is 6.20 Å². The van der Waals surface area contributed by atoms with Crippen LogP contribution in [-0.2, 0) is 0 Å². The number of pyridine rings is 1. The largest absolute Gasteiger partial charge is 0.618 e. The molecule has 1 rings (SSSR count). The van der Waals surface area contributed by atoms with E-state index in [1.807, 2.05) is 19.1 Å². The molecule has 0 atom stereocenters. The Morgan fingerprint density at radius 2 is 2.40 bits per heavy atom. The summed E-state index contributed by atoms with van der Waals surface area (Å²) >= 11 is 1.55. The molecule has 54 valence electrons. The molecule has 0 amide bonds. The average Bonchev–Trinajstić information content (AvgIpc) is 1.94. The van der Waals surface area contributed by atoms with E-state index >= 15 is 0 Å². The smallest absolute Gasteiger partial charge is 0.251 e. The summed E-state index contributed by atoms with van der Waals surface area (Å²) in [7, 11) is 0. The normalized spacial score (nSPS) is 9.70. The van der Waals surface area contributed by atoms with Crippen LogP contribution in [0.2, 0.25) is 0 Å². The third-order valence-electron chi connectivity index (χ3n) is 1.08. The molecule has 0 aromatic carbocycles. The first kappa shape index (κ1) is 7.41. The van der Waals surface area contributed by atoms with Crippen molar-refractivity contribution in [3.05, 3.63) is 29.6 Å². The number of nitrogens with zero attached hydrogens (tertiary/aromatic N) is 1. The SMILES string of the molecule is CCSc1cccc[n+]1[O-]. The van der Waals surface area contributed by atoms with Crippen LogP contribution in [0.3, 0.4) is 0 Å². The van der Waals surface area contributed by atoms with Crippen molar-refractivity contribution >= 4 is 11.8 Å². The lowest BCUT2D eigenvalue weighted by Crippen LogP contribution is -2.27. The fourth-order valence-corrected chi connectivity index (χ4v) is 1.33. The predicted octanol–water partition coefficient (Wildman–Crippen LogP) is 1.43. The van der Waals surface area contributed by atoms with Gasteiger partial charge in [0.05, 0.1) is 0 Å². The molecule has 0 unspecified atom stereocenters. The molecular formula is C7H9NOS. The van der Waals surface area contributed by atoms with Crippen molar-refractivity contribution in [2.24, 2.45) is 0 Å². The van der Waals surface area contributed by atoms with Crippen molar-refractivity contribution < 1.29 is 4.73 Å². The van der Waals surface area contributed by atoms with E-state index in [4.69, 9.17) is 0 Å². The second-order valence-corrected chi connectivity index (χ2v) is 3.08. The second-order valence-electron chi connectivity index (χ2n) is 1.80. The molecule has 0 spiro atoms. The molecule has 0 aliphatic carbocycles. The third-order valence-corrected chi connectivity index (χ3v) is 1.98. The Hall–Kier alpha value is -0.700. The van der Waals surface area contributed by atoms with Crippen molar-refractivity contribution in [3.63, 3.8) is 0 Å². The highest BCUT2D eigenvalue weighted by atomic mass is 32.2. The standard InChI is InChI=1S/C7H9NOS/c1-2-10-7-5-3-4-6-8(7)9/h3-6H,2H2,1H3. The van der Waals surface area contributed by atoms with E-state index < -0.39 is 0 Å². The van der Waals surface area contributed by atoms with E-state index in [1.54, 1.807) is 17.8 Å². The van der Waals surface area contributed by atoms with Crippen molar-refractivity contribution in [2.75, 3.05) is 5.75 Å². The van der Waals surface area contributed by atoms with Crippen LogP contribution in [0.5, 0.6) is 0 Å². The summed E-state index contributed by atoms with van der Waals surface area (Å²) in [5.41, 5.74) is 0. The van der Waals surface area contributed by atoms with Gasteiger partial charge in [0.25, 0.3) is 5.03 Å². The Morgan fingerprint density at radius 1 is 1.60 bits per heavy atom. The molecular weight excluding hydrogens is 146 g/mol. The number of hydrogen-bond acceptors (Lipinski definition) is 2. The highest BCUT2D eigenvalue weighted by Crippen LogP contribution is 2.10. The van der Waals surface area contributed by atoms with Gasteiger partial charge in [-0.1, -0.05) is 18.7 Å². The summed E-state index contributed by atoms with van der Waals surface area (Å²) in [6.45, 7) is 2.03. The maximum Gasteiger partial charge on any atom is 0.251 e. The Balaban J connectivity index is 2.81. The average molecular weight is 155 g/mol. The van der Waals surface area contributed by atoms with E-state index in [-0.39, 0.29) is 0 Å². The molecule has 0 bridgehead atoms. The second kappa shape index (κ2) is 3.46. The first-order valence-corrected chi connectivity index (χ1v) is 4.14. The summed E-state index contributed by atoms with van der Waals surface area (Å²) in [5, 5.41) is 11.7. The summed E-state index contributed by atoms with van der Waals surface area (Å²) < 4.78 is 0.883. The fourth-order valence-electron chi connectivity index (χ4n) is 0.672. The molecule has 0 aliphatic rings. The zero-order valence-corrected chi connectivity index (χ0v) is 6.60. The molecule has 2 nitrogen and oxygen atoms in total. The van der Waals surface area contributed by atoms with Crippen LogP contribution >= 0.6 is 11.8 Å². The Labute approximate surface area is 64.5 Å².